The van der Waals surface area contributed by atoms with Crippen molar-refractivity contribution in [1.82, 2.24) is 5.32 Å². The highest BCUT2D eigenvalue weighted by Gasteiger charge is 2.50. The van der Waals surface area contributed by atoms with Crippen LogP contribution in [0.3, 0.4) is 0 Å². The van der Waals surface area contributed by atoms with Gasteiger partial charge in [0, 0.05) is 6.42 Å². The summed E-state index contributed by atoms with van der Waals surface area (Å²) in [6.07, 6.45) is -7.89. The molecule has 4 unspecified atom stereocenters. The van der Waals surface area contributed by atoms with Crippen molar-refractivity contribution in [2.45, 2.75) is 42.7 Å². The second kappa shape index (κ2) is 7.28. The Balaban J connectivity index is 3.07. The Morgan fingerprint density at radius 3 is 2.50 bits per heavy atom. The number of carbonyl (C=O) groups excluding carboxylic acids is 2. The zero-order valence-electron chi connectivity index (χ0n) is 11.5. The lowest BCUT2D eigenvalue weighted by Crippen LogP contribution is -2.69. The minimum Gasteiger partial charge on any atom is -0.544 e. The Morgan fingerprint density at radius 2 is 2.05 bits per heavy atom. The number of rotatable bonds is 6. The van der Waals surface area contributed by atoms with Gasteiger partial charge in [0.05, 0.1) is 25.3 Å². The van der Waals surface area contributed by atoms with E-state index in [2.05, 4.69) is 5.32 Å². The maximum Gasteiger partial charge on any atom is 0.234 e. The van der Waals surface area contributed by atoms with Crippen molar-refractivity contribution in [3.63, 3.8) is 0 Å². The van der Waals surface area contributed by atoms with Gasteiger partial charge in [-0.2, -0.15) is 0 Å². The lowest BCUT2D eigenvalue weighted by molar-refractivity contribution is -0.374. The molecule has 1 heterocycles. The van der Waals surface area contributed by atoms with Gasteiger partial charge in [0.25, 0.3) is 0 Å². The summed E-state index contributed by atoms with van der Waals surface area (Å²) in [6, 6.07) is -1.37. The van der Waals surface area contributed by atoms with Crippen LogP contribution >= 0.6 is 0 Å². The van der Waals surface area contributed by atoms with Crippen molar-refractivity contribution in [3.8, 4) is 0 Å². The highest BCUT2D eigenvalue weighted by molar-refractivity contribution is 5.78. The van der Waals surface area contributed by atoms with Crippen molar-refractivity contribution in [2.75, 3.05) is 13.2 Å². The van der Waals surface area contributed by atoms with E-state index in [1.807, 2.05) is 0 Å². The summed E-state index contributed by atoms with van der Waals surface area (Å²) in [4.78, 5) is 22.3. The molecule has 128 valence electrons. The molecule has 1 rings (SSSR count). The molecule has 1 fully saturated rings. The number of nitrogens with two attached hydrogens (primary N) is 1. The van der Waals surface area contributed by atoms with E-state index >= 15 is 0 Å². The van der Waals surface area contributed by atoms with Gasteiger partial charge in [-0.05, 0) is 0 Å². The molecule has 0 aliphatic carbocycles. The largest absolute Gasteiger partial charge is 0.544 e. The van der Waals surface area contributed by atoms with Crippen LogP contribution in [-0.4, -0.2) is 86.8 Å². The van der Waals surface area contributed by atoms with Crippen LogP contribution in [0.1, 0.15) is 6.42 Å². The number of carbonyl (C=O) groups is 2. The smallest absolute Gasteiger partial charge is 0.234 e. The molecule has 0 aromatic carbocycles. The van der Waals surface area contributed by atoms with Crippen molar-refractivity contribution >= 4 is 11.9 Å². The zero-order chi connectivity index (χ0) is 17.1. The number of carboxylic acids is 1. The molecule has 8 N–H and O–H groups in total. The normalized spacial score (nSPS) is 34.7. The number of aliphatic carboxylic acids is 1. The Labute approximate surface area is 124 Å². The molecular formula is C11H19N2O9-. The van der Waals surface area contributed by atoms with Gasteiger partial charge in [-0.15, -0.1) is 0 Å². The quantitative estimate of drug-likeness (QED) is 0.246. The molecule has 1 aliphatic rings. The summed E-state index contributed by atoms with van der Waals surface area (Å²) in [5.41, 5.74) is 5.10. The summed E-state index contributed by atoms with van der Waals surface area (Å²) in [7, 11) is 0. The second-order valence-corrected chi connectivity index (χ2v) is 4.96. The monoisotopic (exact) mass is 323 g/mol. The average Bonchev–Trinajstić information content (AvgIpc) is 2.47. The van der Waals surface area contributed by atoms with E-state index in [-0.39, 0.29) is 0 Å². The molecule has 11 heteroatoms. The average molecular weight is 323 g/mol. The molecule has 0 saturated carbocycles. The first-order valence-corrected chi connectivity index (χ1v) is 6.42. The molecule has 6 atom stereocenters. The van der Waals surface area contributed by atoms with Crippen LogP contribution in [0.25, 0.3) is 0 Å². The fraction of sp³-hybridized carbons (Fsp3) is 0.818. The van der Waals surface area contributed by atoms with Crippen LogP contribution in [0.4, 0.5) is 0 Å². The highest BCUT2D eigenvalue weighted by Crippen LogP contribution is 2.29. The summed E-state index contributed by atoms with van der Waals surface area (Å²) >= 11 is 0. The zero-order valence-corrected chi connectivity index (χ0v) is 11.5. The molecule has 0 radical (unpaired) electrons. The second-order valence-electron chi connectivity index (χ2n) is 4.96. The molecule has 11 nitrogen and oxygen atoms in total. The molecule has 1 amide bonds. The van der Waals surface area contributed by atoms with E-state index in [4.69, 9.17) is 15.6 Å². The minimum atomic E-state index is -2.93. The lowest BCUT2D eigenvalue weighted by atomic mass is 9.88. The number of hydrogen-bond acceptors (Lipinski definition) is 10. The molecule has 0 aromatic heterocycles. The summed E-state index contributed by atoms with van der Waals surface area (Å²) in [5.74, 6) is -5.74. The summed E-state index contributed by atoms with van der Waals surface area (Å²) < 4.78 is 4.81. The maximum atomic E-state index is 11.3. The predicted molar refractivity (Wildman–Crippen MR) is 65.5 cm³/mol. The third kappa shape index (κ3) is 3.89. The number of ether oxygens (including phenoxy) is 1. The molecule has 0 bridgehead atoms. The number of amides is 1. The number of aliphatic hydroxyl groups is 5. The van der Waals surface area contributed by atoms with Crippen molar-refractivity contribution in [1.29, 1.82) is 0 Å². The summed E-state index contributed by atoms with van der Waals surface area (Å²) in [5, 5.41) is 60.9. The van der Waals surface area contributed by atoms with E-state index in [9.17, 15) is 35.1 Å². The Kier molecular flexibility index (Phi) is 6.19. The molecular weight excluding hydrogens is 304 g/mol. The van der Waals surface area contributed by atoms with Crippen LogP contribution < -0.4 is 16.2 Å². The van der Waals surface area contributed by atoms with E-state index in [0.717, 1.165) is 0 Å². The lowest BCUT2D eigenvalue weighted by Gasteiger charge is -2.46. The Morgan fingerprint density at radius 1 is 1.45 bits per heavy atom. The summed E-state index contributed by atoms with van der Waals surface area (Å²) in [6.45, 7) is -1.36. The van der Waals surface area contributed by atoms with Crippen LogP contribution in [-0.2, 0) is 14.3 Å². The highest BCUT2D eigenvalue weighted by atomic mass is 16.7. The predicted octanol–water partition coefficient (Wildman–Crippen LogP) is -6.27. The molecule has 1 saturated heterocycles. The van der Waals surface area contributed by atoms with Gasteiger partial charge in [0.1, 0.15) is 24.3 Å². The minimum absolute atomic E-state index is 0.459. The van der Waals surface area contributed by atoms with E-state index in [1.165, 1.54) is 0 Å². The standard InChI is InChI=1S/C11H20N2O9/c12-2-6(17)13-7-4(15)1-11(21,10(19)20)22-9(7)8(18)5(16)3-14/h4-5,7-9,14-16,18,21H,1-3,12H2,(H,13,17)(H,19,20)/p-1/t4?,5-,7?,8-,9?,11?/m1/s1. The van der Waals surface area contributed by atoms with Crippen LogP contribution in [0, 0.1) is 0 Å². The SMILES string of the molecule is NCC(=O)NC1C(O)CC(O)(C(=O)[O-])OC1[C@H](O)[C@H](O)CO. The van der Waals surface area contributed by atoms with Gasteiger partial charge in [0.15, 0.2) is 0 Å². The van der Waals surface area contributed by atoms with Crippen LogP contribution in [0.5, 0.6) is 0 Å². The Bertz CT molecular complexity index is 420. The fourth-order valence-corrected chi connectivity index (χ4v) is 2.14. The van der Waals surface area contributed by atoms with Gasteiger partial charge in [-0.1, -0.05) is 0 Å². The number of nitrogens with one attached hydrogen (secondary N) is 1. The number of hydrogen-bond donors (Lipinski definition) is 7. The third-order valence-electron chi connectivity index (χ3n) is 3.34. The van der Waals surface area contributed by atoms with E-state index in [1.54, 1.807) is 0 Å². The van der Waals surface area contributed by atoms with Gasteiger partial charge in [-0.3, -0.25) is 4.79 Å². The molecule has 1 aliphatic heterocycles. The maximum absolute atomic E-state index is 11.3. The Hall–Kier alpha value is -1.34. The first kappa shape index (κ1) is 18.7. The third-order valence-corrected chi connectivity index (χ3v) is 3.34. The van der Waals surface area contributed by atoms with Gasteiger partial charge >= 0.3 is 0 Å². The topological polar surface area (TPSA) is 206 Å². The molecule has 0 aromatic rings. The van der Waals surface area contributed by atoms with Crippen molar-refractivity contribution in [2.24, 2.45) is 5.73 Å². The van der Waals surface area contributed by atoms with Crippen LogP contribution in [0.15, 0.2) is 0 Å². The van der Waals surface area contributed by atoms with Crippen LogP contribution in [0.2, 0.25) is 0 Å². The number of aliphatic hydroxyl groups excluding tert-OH is 4. The van der Waals surface area contributed by atoms with Gasteiger partial charge in [0.2, 0.25) is 11.7 Å². The van der Waals surface area contributed by atoms with E-state index < -0.39 is 67.7 Å². The first-order valence-electron chi connectivity index (χ1n) is 6.42. The van der Waals surface area contributed by atoms with Gasteiger partial charge in [-0.25, -0.2) is 0 Å². The first-order chi connectivity index (χ1) is 10.2. The molecule has 22 heavy (non-hydrogen) atoms. The molecule has 0 spiro atoms. The van der Waals surface area contributed by atoms with Gasteiger partial charge < -0.3 is 51.2 Å². The van der Waals surface area contributed by atoms with Crippen molar-refractivity contribution in [3.05, 3.63) is 0 Å². The fourth-order valence-electron chi connectivity index (χ4n) is 2.14. The number of carboxylic acid groups (broad SMARTS) is 1. The van der Waals surface area contributed by atoms with E-state index in [0.29, 0.717) is 0 Å². The van der Waals surface area contributed by atoms with Crippen molar-refractivity contribution < 1.29 is 45.0 Å².